The molecule has 0 unspecified atom stereocenters. The van der Waals surface area contributed by atoms with Gasteiger partial charge in [-0.3, -0.25) is 0 Å². The van der Waals surface area contributed by atoms with Gasteiger partial charge in [0.1, 0.15) is 0 Å². The van der Waals surface area contributed by atoms with E-state index in [9.17, 15) is 8.42 Å². The molecule has 21 heavy (non-hydrogen) atoms. The van der Waals surface area contributed by atoms with Gasteiger partial charge in [-0.15, -0.1) is 0 Å². The van der Waals surface area contributed by atoms with E-state index in [-0.39, 0.29) is 17.0 Å². The normalized spacial score (nSPS) is 18.2. The zero-order valence-corrected chi connectivity index (χ0v) is 13.3. The zero-order valence-electron chi connectivity index (χ0n) is 12.5. The first-order valence-electron chi connectivity index (χ1n) is 7.10. The van der Waals surface area contributed by atoms with Crippen molar-refractivity contribution >= 4 is 10.0 Å². The number of benzene rings is 1. The minimum absolute atomic E-state index is 0.00690. The topological polar surface area (TPSA) is 57.6 Å². The number of sulfonamides is 1. The van der Waals surface area contributed by atoms with Crippen molar-refractivity contribution in [3.8, 4) is 11.8 Å². The Kier molecular flexibility index (Phi) is 4.72. The van der Waals surface area contributed by atoms with E-state index in [1.807, 2.05) is 13.8 Å². The summed E-state index contributed by atoms with van der Waals surface area (Å²) in [5, 5.41) is 8.72. The fraction of sp³-hybridized carbons (Fsp3) is 0.500. The summed E-state index contributed by atoms with van der Waals surface area (Å²) in [5.74, 6) is 5.68. The molecule has 1 heterocycles. The highest BCUT2D eigenvalue weighted by Crippen LogP contribution is 2.33. The van der Waals surface area contributed by atoms with E-state index in [0.717, 1.165) is 12.8 Å². The van der Waals surface area contributed by atoms with Crippen LogP contribution in [0.1, 0.15) is 38.7 Å². The molecule has 0 saturated carbocycles. The molecule has 0 aliphatic carbocycles. The smallest absolute Gasteiger partial charge is 0.243 e. The Morgan fingerprint density at radius 3 is 2.76 bits per heavy atom. The number of aliphatic hydroxyl groups is 1. The van der Waals surface area contributed by atoms with Crippen molar-refractivity contribution in [2.45, 2.75) is 43.5 Å². The molecular formula is C16H21NO3S. The SMILES string of the molecule is CC1(C)CCCN1S(=O)(=O)c1cccc(C#CCCO)c1. The summed E-state index contributed by atoms with van der Waals surface area (Å²) in [6, 6.07) is 6.70. The van der Waals surface area contributed by atoms with Gasteiger partial charge in [-0.05, 0) is 44.9 Å². The minimum atomic E-state index is -3.48. The molecule has 1 saturated heterocycles. The number of nitrogens with zero attached hydrogens (tertiary/aromatic N) is 1. The van der Waals surface area contributed by atoms with Crippen molar-refractivity contribution < 1.29 is 13.5 Å². The quantitative estimate of drug-likeness (QED) is 0.869. The van der Waals surface area contributed by atoms with Gasteiger partial charge in [0, 0.05) is 24.1 Å². The summed E-state index contributed by atoms with van der Waals surface area (Å²) in [7, 11) is -3.48. The lowest BCUT2D eigenvalue weighted by Crippen LogP contribution is -2.42. The third-order valence-electron chi connectivity index (χ3n) is 3.72. The first-order valence-corrected chi connectivity index (χ1v) is 8.54. The maximum absolute atomic E-state index is 12.8. The molecule has 1 N–H and O–H groups in total. The van der Waals surface area contributed by atoms with Gasteiger partial charge in [0.25, 0.3) is 0 Å². The maximum Gasteiger partial charge on any atom is 0.243 e. The monoisotopic (exact) mass is 307 g/mol. The van der Waals surface area contributed by atoms with Gasteiger partial charge in [0.15, 0.2) is 0 Å². The minimum Gasteiger partial charge on any atom is -0.395 e. The van der Waals surface area contributed by atoms with Gasteiger partial charge in [-0.25, -0.2) is 8.42 Å². The maximum atomic E-state index is 12.8. The fourth-order valence-corrected chi connectivity index (χ4v) is 4.50. The molecular weight excluding hydrogens is 286 g/mol. The lowest BCUT2D eigenvalue weighted by atomic mass is 10.0. The second-order valence-corrected chi connectivity index (χ2v) is 7.66. The van der Waals surface area contributed by atoms with Crippen LogP contribution in [0.5, 0.6) is 0 Å². The second-order valence-electron chi connectivity index (χ2n) is 5.80. The van der Waals surface area contributed by atoms with Crippen molar-refractivity contribution in [2.24, 2.45) is 0 Å². The van der Waals surface area contributed by atoms with E-state index in [4.69, 9.17) is 5.11 Å². The van der Waals surface area contributed by atoms with E-state index in [2.05, 4.69) is 11.8 Å². The highest BCUT2D eigenvalue weighted by atomic mass is 32.2. The molecule has 0 spiro atoms. The molecule has 0 bridgehead atoms. The van der Waals surface area contributed by atoms with Crippen molar-refractivity contribution in [3.05, 3.63) is 29.8 Å². The summed E-state index contributed by atoms with van der Waals surface area (Å²) in [6.45, 7) is 4.49. The molecule has 4 nitrogen and oxygen atoms in total. The van der Waals surface area contributed by atoms with Gasteiger partial charge in [0.05, 0.1) is 11.5 Å². The molecule has 0 amide bonds. The van der Waals surface area contributed by atoms with Crippen LogP contribution >= 0.6 is 0 Å². The van der Waals surface area contributed by atoms with Gasteiger partial charge in [0.2, 0.25) is 10.0 Å². The van der Waals surface area contributed by atoms with E-state index >= 15 is 0 Å². The Morgan fingerprint density at radius 1 is 1.38 bits per heavy atom. The molecule has 0 atom stereocenters. The average Bonchev–Trinajstić information content (AvgIpc) is 2.80. The summed E-state index contributed by atoms with van der Waals surface area (Å²) in [5.41, 5.74) is 0.318. The first kappa shape index (κ1) is 16.0. The molecule has 2 rings (SSSR count). The van der Waals surface area contributed by atoms with Crippen molar-refractivity contribution in [1.82, 2.24) is 4.31 Å². The molecule has 1 aromatic rings. The predicted octanol–water partition coefficient (Wildman–Crippen LogP) is 1.98. The highest BCUT2D eigenvalue weighted by Gasteiger charge is 2.40. The number of hydrogen-bond donors (Lipinski definition) is 1. The lowest BCUT2D eigenvalue weighted by Gasteiger charge is -2.30. The first-order chi connectivity index (χ1) is 9.88. The van der Waals surface area contributed by atoms with E-state index in [1.165, 1.54) is 0 Å². The molecule has 0 radical (unpaired) electrons. The Balaban J connectivity index is 2.33. The second kappa shape index (κ2) is 6.18. The van der Waals surface area contributed by atoms with Crippen LogP contribution < -0.4 is 0 Å². The van der Waals surface area contributed by atoms with Crippen LogP contribution in [-0.2, 0) is 10.0 Å². The fourth-order valence-electron chi connectivity index (χ4n) is 2.61. The Hall–Kier alpha value is -1.35. The summed E-state index contributed by atoms with van der Waals surface area (Å²) in [4.78, 5) is 0.285. The molecule has 1 aliphatic rings. The summed E-state index contributed by atoms with van der Waals surface area (Å²) < 4.78 is 27.1. The van der Waals surface area contributed by atoms with Gasteiger partial charge >= 0.3 is 0 Å². The van der Waals surface area contributed by atoms with Crippen molar-refractivity contribution in [2.75, 3.05) is 13.2 Å². The van der Waals surface area contributed by atoms with Crippen LogP contribution in [0.3, 0.4) is 0 Å². The summed E-state index contributed by atoms with van der Waals surface area (Å²) in [6.07, 6.45) is 2.15. The third-order valence-corrected chi connectivity index (χ3v) is 5.82. The number of rotatable bonds is 3. The highest BCUT2D eigenvalue weighted by molar-refractivity contribution is 7.89. The van der Waals surface area contributed by atoms with Crippen molar-refractivity contribution in [3.63, 3.8) is 0 Å². The van der Waals surface area contributed by atoms with Crippen LogP contribution in [0.2, 0.25) is 0 Å². The Labute approximate surface area is 126 Å². The Morgan fingerprint density at radius 2 is 2.14 bits per heavy atom. The number of hydrogen-bond acceptors (Lipinski definition) is 3. The van der Waals surface area contributed by atoms with Gasteiger partial charge < -0.3 is 5.11 Å². The molecule has 114 valence electrons. The predicted molar refractivity (Wildman–Crippen MR) is 82.2 cm³/mol. The van der Waals surface area contributed by atoms with Crippen LogP contribution in [0.25, 0.3) is 0 Å². The van der Waals surface area contributed by atoms with Crippen LogP contribution in [0.15, 0.2) is 29.2 Å². The van der Waals surface area contributed by atoms with E-state index < -0.39 is 10.0 Å². The van der Waals surface area contributed by atoms with Gasteiger partial charge in [-0.2, -0.15) is 4.31 Å². The van der Waals surface area contributed by atoms with Gasteiger partial charge in [-0.1, -0.05) is 17.9 Å². The summed E-state index contributed by atoms with van der Waals surface area (Å²) >= 11 is 0. The number of aliphatic hydroxyl groups excluding tert-OH is 1. The standard InChI is InChI=1S/C16H21NO3S/c1-16(2)10-6-11-17(16)21(19,20)15-9-5-8-14(13-15)7-3-4-12-18/h5,8-9,13,18H,4,6,10-12H2,1-2H3. The third kappa shape index (κ3) is 3.46. The zero-order chi connectivity index (χ0) is 15.5. The molecule has 5 heteroatoms. The molecule has 1 fully saturated rings. The molecule has 1 aliphatic heterocycles. The van der Waals surface area contributed by atoms with E-state index in [1.54, 1.807) is 28.6 Å². The lowest BCUT2D eigenvalue weighted by molar-refractivity contribution is 0.291. The van der Waals surface area contributed by atoms with Crippen LogP contribution in [0.4, 0.5) is 0 Å². The van der Waals surface area contributed by atoms with E-state index in [0.29, 0.717) is 18.5 Å². The van der Waals surface area contributed by atoms with Crippen LogP contribution in [0, 0.1) is 11.8 Å². The van der Waals surface area contributed by atoms with Crippen LogP contribution in [-0.4, -0.2) is 36.5 Å². The Bertz CT molecular complexity index is 668. The largest absolute Gasteiger partial charge is 0.395 e. The average molecular weight is 307 g/mol. The molecule has 0 aromatic heterocycles. The van der Waals surface area contributed by atoms with Crippen molar-refractivity contribution in [1.29, 1.82) is 0 Å². The molecule has 1 aromatic carbocycles.